The number of ether oxygens (including phenoxy) is 1. The van der Waals surface area contributed by atoms with E-state index in [-0.39, 0.29) is 11.0 Å². The molecule has 14 heavy (non-hydrogen) atoms. The van der Waals surface area contributed by atoms with E-state index >= 15 is 0 Å². The molecule has 3 fully saturated rings. The van der Waals surface area contributed by atoms with E-state index in [1.807, 2.05) is 6.92 Å². The molecule has 0 aromatic carbocycles. The van der Waals surface area contributed by atoms with Crippen LogP contribution in [0.3, 0.4) is 0 Å². The minimum atomic E-state index is -0.320. The number of hydrogen-bond acceptors (Lipinski definition) is 2. The minimum Gasteiger partial charge on any atom is -0.378 e. The van der Waals surface area contributed by atoms with Gasteiger partial charge in [0.2, 0.25) is 0 Å². The second kappa shape index (κ2) is 2.69. The Morgan fingerprint density at radius 1 is 1.43 bits per heavy atom. The summed E-state index contributed by atoms with van der Waals surface area (Å²) in [5, 5.41) is 0. The Hall–Kier alpha value is -0.630. The number of Topliss-reactive ketones (excluding diaryl/α,β-unsaturated/α-hetero) is 1. The van der Waals surface area contributed by atoms with Crippen LogP contribution in [0.4, 0.5) is 0 Å². The predicted octanol–water partition coefficient (Wildman–Crippen LogP) is 2.34. The summed E-state index contributed by atoms with van der Waals surface area (Å²) in [6, 6.07) is 0. The van der Waals surface area contributed by atoms with Crippen LogP contribution in [0.15, 0.2) is 12.2 Å². The lowest BCUT2D eigenvalue weighted by Gasteiger charge is -2.54. The Labute approximate surface area is 85.3 Å². The number of carbonyl (C=O) groups is 1. The van der Waals surface area contributed by atoms with Crippen molar-refractivity contribution in [2.24, 2.45) is 11.3 Å². The van der Waals surface area contributed by atoms with Gasteiger partial charge in [0.15, 0.2) is 0 Å². The first-order valence-corrected chi connectivity index (χ1v) is 5.19. The highest BCUT2D eigenvalue weighted by atomic mass is 16.5. The van der Waals surface area contributed by atoms with Crippen LogP contribution in [0.5, 0.6) is 0 Å². The van der Waals surface area contributed by atoms with Gasteiger partial charge >= 0.3 is 0 Å². The molecule has 0 N–H and O–H groups in total. The van der Waals surface area contributed by atoms with E-state index in [9.17, 15) is 4.79 Å². The van der Waals surface area contributed by atoms with Gasteiger partial charge in [-0.25, -0.2) is 0 Å². The lowest BCUT2D eigenvalue weighted by molar-refractivity contribution is -0.155. The molecule has 2 heteroatoms. The third kappa shape index (κ3) is 1.04. The Bertz CT molecular complexity index is 287. The Balaban J connectivity index is 2.40. The highest BCUT2D eigenvalue weighted by Gasteiger charge is 2.56. The lowest BCUT2D eigenvalue weighted by Crippen LogP contribution is -2.56. The summed E-state index contributed by atoms with van der Waals surface area (Å²) in [5.74, 6) is 0.697. The van der Waals surface area contributed by atoms with Gasteiger partial charge in [0.05, 0.1) is 5.60 Å². The normalized spacial score (nSPS) is 47.2. The van der Waals surface area contributed by atoms with E-state index in [4.69, 9.17) is 4.74 Å². The Kier molecular flexibility index (Phi) is 1.91. The fourth-order valence-electron chi connectivity index (χ4n) is 2.98. The molecular weight excluding hydrogens is 176 g/mol. The molecule has 0 saturated heterocycles. The molecule has 0 heterocycles. The smallest absolute Gasteiger partial charge is 0.143 e. The van der Waals surface area contributed by atoms with Gasteiger partial charge in [-0.15, -0.1) is 0 Å². The Morgan fingerprint density at radius 2 is 2.07 bits per heavy atom. The van der Waals surface area contributed by atoms with Crippen molar-refractivity contribution in [2.45, 2.75) is 38.7 Å². The number of ketones is 1. The summed E-state index contributed by atoms with van der Waals surface area (Å²) in [5.41, 5.74) is 0.664. The summed E-state index contributed by atoms with van der Waals surface area (Å²) >= 11 is 0. The molecule has 3 atom stereocenters. The largest absolute Gasteiger partial charge is 0.378 e. The fourth-order valence-corrected chi connectivity index (χ4v) is 2.98. The zero-order valence-corrected chi connectivity index (χ0v) is 9.22. The number of hydrogen-bond donors (Lipinski definition) is 0. The van der Waals surface area contributed by atoms with Crippen molar-refractivity contribution in [1.29, 1.82) is 0 Å². The van der Waals surface area contributed by atoms with Gasteiger partial charge in [0.25, 0.3) is 0 Å². The van der Waals surface area contributed by atoms with E-state index in [2.05, 4.69) is 13.5 Å². The van der Waals surface area contributed by atoms with Crippen molar-refractivity contribution >= 4 is 5.78 Å². The molecule has 0 unspecified atom stereocenters. The molecule has 3 rings (SSSR count). The Morgan fingerprint density at radius 3 is 2.57 bits per heavy atom. The van der Waals surface area contributed by atoms with E-state index in [1.165, 1.54) is 0 Å². The average Bonchev–Trinajstić information content (AvgIpc) is 2.12. The molecule has 3 saturated carbocycles. The molecule has 0 aromatic heterocycles. The van der Waals surface area contributed by atoms with Crippen LogP contribution < -0.4 is 0 Å². The number of allylic oxidation sites excluding steroid dienone is 1. The second-order valence-corrected chi connectivity index (χ2v) is 5.16. The molecule has 3 aliphatic rings. The van der Waals surface area contributed by atoms with Crippen molar-refractivity contribution in [3.63, 3.8) is 0 Å². The van der Waals surface area contributed by atoms with Crippen molar-refractivity contribution in [3.05, 3.63) is 12.2 Å². The van der Waals surface area contributed by atoms with E-state index in [1.54, 1.807) is 7.11 Å². The zero-order valence-electron chi connectivity index (χ0n) is 9.22. The van der Waals surface area contributed by atoms with Crippen LogP contribution in [0.1, 0.15) is 33.1 Å². The van der Waals surface area contributed by atoms with Gasteiger partial charge in [-0.1, -0.05) is 12.2 Å². The number of carbonyl (C=O) groups excluding carboxylic acids is 1. The highest BCUT2D eigenvalue weighted by molar-refractivity contribution is 5.90. The molecule has 0 amide bonds. The van der Waals surface area contributed by atoms with Crippen molar-refractivity contribution in [3.8, 4) is 0 Å². The van der Waals surface area contributed by atoms with Crippen molar-refractivity contribution in [1.82, 2.24) is 0 Å². The van der Waals surface area contributed by atoms with Crippen LogP contribution >= 0.6 is 0 Å². The summed E-state index contributed by atoms with van der Waals surface area (Å²) in [6.07, 6.45) is 2.42. The number of rotatable bonds is 1. The third-order valence-electron chi connectivity index (χ3n) is 4.35. The molecular formula is C12H18O2. The first-order valence-electron chi connectivity index (χ1n) is 5.19. The summed E-state index contributed by atoms with van der Waals surface area (Å²) in [4.78, 5) is 11.9. The quantitative estimate of drug-likeness (QED) is 0.599. The average molecular weight is 194 g/mol. The number of methoxy groups -OCH3 is 1. The zero-order chi connectivity index (χ0) is 10.6. The number of fused-ring (bicyclic) bond motifs is 3. The van der Waals surface area contributed by atoms with Gasteiger partial charge in [-0.2, -0.15) is 0 Å². The standard InChI is InChI=1S/C12H18O2/c1-8-5-9-6-10(13)11(8,2)7-12(9,3)14-4/h9H,1,5-7H2,2-4H3/t9-,11+,12+/m1/s1. The maximum absolute atomic E-state index is 11.9. The van der Waals surface area contributed by atoms with Gasteiger partial charge < -0.3 is 4.74 Å². The van der Waals surface area contributed by atoms with Crippen LogP contribution in [-0.4, -0.2) is 18.5 Å². The van der Waals surface area contributed by atoms with Crippen LogP contribution in [0, 0.1) is 11.3 Å². The van der Waals surface area contributed by atoms with Crippen LogP contribution in [-0.2, 0) is 9.53 Å². The maximum Gasteiger partial charge on any atom is 0.143 e. The molecule has 3 aliphatic carbocycles. The second-order valence-electron chi connectivity index (χ2n) is 5.16. The van der Waals surface area contributed by atoms with E-state index < -0.39 is 0 Å². The van der Waals surface area contributed by atoms with Gasteiger partial charge in [-0.05, 0) is 32.6 Å². The fraction of sp³-hybridized carbons (Fsp3) is 0.750. The molecule has 0 radical (unpaired) electrons. The van der Waals surface area contributed by atoms with Crippen molar-refractivity contribution in [2.75, 3.05) is 7.11 Å². The summed E-state index contributed by atoms with van der Waals surface area (Å²) in [7, 11) is 1.75. The third-order valence-corrected chi connectivity index (χ3v) is 4.35. The topological polar surface area (TPSA) is 26.3 Å². The first kappa shape index (κ1) is 9.91. The molecule has 0 spiro atoms. The van der Waals surface area contributed by atoms with Crippen molar-refractivity contribution < 1.29 is 9.53 Å². The van der Waals surface area contributed by atoms with Crippen LogP contribution in [0.2, 0.25) is 0 Å². The molecule has 2 nitrogen and oxygen atoms in total. The molecule has 0 aromatic rings. The van der Waals surface area contributed by atoms with Gasteiger partial charge in [-0.3, -0.25) is 4.79 Å². The summed E-state index contributed by atoms with van der Waals surface area (Å²) in [6.45, 7) is 8.18. The molecule has 0 aliphatic heterocycles. The molecule has 2 bridgehead atoms. The van der Waals surface area contributed by atoms with E-state index in [0.717, 1.165) is 18.4 Å². The van der Waals surface area contributed by atoms with Gasteiger partial charge in [0, 0.05) is 18.9 Å². The SMILES string of the molecule is C=C1C[C@@H]2CC(=O)[C@@]1(C)C[C@]2(C)OC. The van der Waals surface area contributed by atoms with Gasteiger partial charge in [0.1, 0.15) is 5.78 Å². The molecule has 78 valence electrons. The van der Waals surface area contributed by atoms with Crippen LogP contribution in [0.25, 0.3) is 0 Å². The predicted molar refractivity (Wildman–Crippen MR) is 55.0 cm³/mol. The first-order chi connectivity index (χ1) is 6.42. The van der Waals surface area contributed by atoms with E-state index in [0.29, 0.717) is 18.1 Å². The lowest BCUT2D eigenvalue weighted by atomic mass is 9.53. The monoisotopic (exact) mass is 194 g/mol. The minimum absolute atomic E-state index is 0.121. The summed E-state index contributed by atoms with van der Waals surface area (Å²) < 4.78 is 5.58. The maximum atomic E-state index is 11.9. The highest BCUT2D eigenvalue weighted by Crippen LogP contribution is 2.55.